The highest BCUT2D eigenvalue weighted by atomic mass is 32.2. The zero-order valence-corrected chi connectivity index (χ0v) is 15.8. The Hall–Kier alpha value is -1.19. The van der Waals surface area contributed by atoms with E-state index >= 15 is 0 Å². The number of aldehydes is 1. The number of rotatable bonds is 6. The maximum atomic E-state index is 11.6. The standard InChI is InChI=1S/C16H23N3O4S2/c1-8-12(11(7-20)9(2)21)18-13(15(22)23)14(8)25-10-5-19(6-10)16-17-3-4-24-16/h7-12,18,21H,3-6H2,1-2H3,(H,22,23)/t8-,9-,11-,12-/m1/s1. The van der Waals surface area contributed by atoms with Crippen LogP contribution in [0.4, 0.5) is 0 Å². The van der Waals surface area contributed by atoms with Crippen molar-refractivity contribution < 1.29 is 19.8 Å². The molecule has 0 spiro atoms. The summed E-state index contributed by atoms with van der Waals surface area (Å²) in [7, 11) is 0. The van der Waals surface area contributed by atoms with E-state index in [-0.39, 0.29) is 11.6 Å². The van der Waals surface area contributed by atoms with Crippen LogP contribution in [0.15, 0.2) is 15.6 Å². The number of aliphatic carboxylic acids is 1. The molecule has 0 bridgehead atoms. The van der Waals surface area contributed by atoms with Gasteiger partial charge in [0.15, 0.2) is 5.17 Å². The number of thioether (sulfide) groups is 2. The van der Waals surface area contributed by atoms with Gasteiger partial charge in [-0.3, -0.25) is 4.99 Å². The summed E-state index contributed by atoms with van der Waals surface area (Å²) in [5, 5.41) is 23.7. The molecule has 0 aromatic rings. The zero-order valence-electron chi connectivity index (χ0n) is 14.2. The van der Waals surface area contributed by atoms with Crippen LogP contribution in [-0.2, 0) is 9.59 Å². The molecule has 4 atom stereocenters. The van der Waals surface area contributed by atoms with Crippen molar-refractivity contribution in [3.8, 4) is 0 Å². The summed E-state index contributed by atoms with van der Waals surface area (Å²) in [5.41, 5.74) is 0.168. The fraction of sp³-hybridized carbons (Fsp3) is 0.688. The van der Waals surface area contributed by atoms with E-state index in [9.17, 15) is 19.8 Å². The lowest BCUT2D eigenvalue weighted by atomic mass is 9.89. The number of carbonyl (C=O) groups excluding carboxylic acids is 1. The second-order valence-corrected chi connectivity index (χ2v) is 9.02. The van der Waals surface area contributed by atoms with Crippen molar-refractivity contribution in [3.63, 3.8) is 0 Å². The van der Waals surface area contributed by atoms with E-state index in [1.165, 1.54) is 0 Å². The minimum atomic E-state index is -1.01. The van der Waals surface area contributed by atoms with Crippen molar-refractivity contribution in [2.75, 3.05) is 25.4 Å². The van der Waals surface area contributed by atoms with Crippen LogP contribution in [0, 0.1) is 11.8 Å². The molecule has 3 N–H and O–H groups in total. The number of hydrogen-bond acceptors (Lipinski definition) is 8. The number of likely N-dealkylation sites (tertiary alicyclic amines) is 1. The first-order chi connectivity index (χ1) is 11.9. The van der Waals surface area contributed by atoms with Crippen LogP contribution in [0.1, 0.15) is 13.8 Å². The summed E-state index contributed by atoms with van der Waals surface area (Å²) in [6.07, 6.45) is -0.111. The number of amidine groups is 1. The maximum absolute atomic E-state index is 11.6. The molecule has 138 valence electrons. The Morgan fingerprint density at radius 1 is 1.52 bits per heavy atom. The number of hydrogen-bond donors (Lipinski definition) is 3. The lowest BCUT2D eigenvalue weighted by Gasteiger charge is -2.40. The number of nitrogens with zero attached hydrogens (tertiary/aromatic N) is 2. The van der Waals surface area contributed by atoms with Gasteiger partial charge in [0, 0.05) is 41.0 Å². The van der Waals surface area contributed by atoms with Crippen molar-refractivity contribution in [2.45, 2.75) is 31.2 Å². The average Bonchev–Trinajstić information content (AvgIpc) is 3.13. The van der Waals surface area contributed by atoms with E-state index in [2.05, 4.69) is 15.2 Å². The summed E-state index contributed by atoms with van der Waals surface area (Å²) in [5.74, 6) is -0.746. The number of aliphatic imine (C=N–C) groups is 1. The number of carboxylic acids is 1. The van der Waals surface area contributed by atoms with Gasteiger partial charge in [0.1, 0.15) is 12.0 Å². The highest BCUT2D eigenvalue weighted by molar-refractivity contribution is 8.14. The smallest absolute Gasteiger partial charge is 0.352 e. The molecule has 0 aromatic heterocycles. The summed E-state index contributed by atoms with van der Waals surface area (Å²) < 4.78 is 0. The molecule has 3 rings (SSSR count). The number of nitrogens with one attached hydrogen (secondary N) is 1. The van der Waals surface area contributed by atoms with Crippen molar-refractivity contribution in [1.29, 1.82) is 0 Å². The molecule has 0 amide bonds. The second-order valence-electron chi connectivity index (χ2n) is 6.61. The molecular formula is C16H23N3O4S2. The van der Waals surface area contributed by atoms with E-state index in [0.717, 1.165) is 35.5 Å². The minimum absolute atomic E-state index is 0.131. The highest BCUT2D eigenvalue weighted by Crippen LogP contribution is 2.42. The number of aliphatic hydroxyl groups is 1. The largest absolute Gasteiger partial charge is 0.477 e. The lowest BCUT2D eigenvalue weighted by molar-refractivity contribution is -0.133. The van der Waals surface area contributed by atoms with Crippen LogP contribution >= 0.6 is 23.5 Å². The Bertz CT molecular complexity index is 617. The quantitative estimate of drug-likeness (QED) is 0.572. The number of aliphatic hydroxyl groups excluding tert-OH is 1. The van der Waals surface area contributed by atoms with Gasteiger partial charge in [-0.2, -0.15) is 0 Å². The SMILES string of the molecule is C[C@@H](O)[C@@H](C=O)[C@@H]1NC(C(=O)O)=C(SC2CN(C3=NCCS3)C2)[C@@H]1C. The van der Waals surface area contributed by atoms with Gasteiger partial charge in [0.25, 0.3) is 0 Å². The van der Waals surface area contributed by atoms with Crippen molar-refractivity contribution >= 4 is 40.9 Å². The van der Waals surface area contributed by atoms with E-state index in [4.69, 9.17) is 0 Å². The van der Waals surface area contributed by atoms with Gasteiger partial charge in [0.05, 0.1) is 18.6 Å². The van der Waals surface area contributed by atoms with E-state index in [1.54, 1.807) is 30.4 Å². The van der Waals surface area contributed by atoms with Crippen LogP contribution in [0.3, 0.4) is 0 Å². The number of carboxylic acid groups (broad SMARTS) is 1. The molecule has 25 heavy (non-hydrogen) atoms. The predicted octanol–water partition coefficient (Wildman–Crippen LogP) is 0.607. The molecule has 9 heteroatoms. The van der Waals surface area contributed by atoms with Crippen molar-refractivity contribution in [3.05, 3.63) is 10.6 Å². The third-order valence-corrected chi connectivity index (χ3v) is 7.33. The molecule has 0 aromatic carbocycles. The first-order valence-electron chi connectivity index (χ1n) is 8.38. The van der Waals surface area contributed by atoms with Gasteiger partial charge in [-0.25, -0.2) is 4.79 Å². The van der Waals surface area contributed by atoms with Crippen molar-refractivity contribution in [2.24, 2.45) is 16.8 Å². The second kappa shape index (κ2) is 7.59. The molecule has 0 radical (unpaired) electrons. The van der Waals surface area contributed by atoms with Gasteiger partial charge in [-0.15, -0.1) is 11.8 Å². The molecule has 3 aliphatic heterocycles. The summed E-state index contributed by atoms with van der Waals surface area (Å²) >= 11 is 3.35. The van der Waals surface area contributed by atoms with Crippen LogP contribution in [0.2, 0.25) is 0 Å². The maximum Gasteiger partial charge on any atom is 0.352 e. The summed E-state index contributed by atoms with van der Waals surface area (Å²) in [6.45, 7) is 6.07. The van der Waals surface area contributed by atoms with E-state index < -0.39 is 24.0 Å². The van der Waals surface area contributed by atoms with E-state index in [0.29, 0.717) is 11.5 Å². The molecule has 0 saturated carbocycles. The van der Waals surface area contributed by atoms with Gasteiger partial charge >= 0.3 is 5.97 Å². The first-order valence-corrected chi connectivity index (χ1v) is 10.2. The van der Waals surface area contributed by atoms with Gasteiger partial charge in [0.2, 0.25) is 0 Å². The third-order valence-electron chi connectivity index (χ3n) is 4.83. The van der Waals surface area contributed by atoms with Crippen LogP contribution < -0.4 is 5.32 Å². The molecule has 1 fully saturated rings. The Morgan fingerprint density at radius 3 is 2.76 bits per heavy atom. The first kappa shape index (κ1) is 18.6. The third kappa shape index (κ3) is 3.68. The van der Waals surface area contributed by atoms with Crippen LogP contribution in [-0.4, -0.2) is 75.3 Å². The molecular weight excluding hydrogens is 362 g/mol. The Kier molecular flexibility index (Phi) is 5.65. The fourth-order valence-electron chi connectivity index (χ4n) is 3.38. The molecule has 0 aliphatic carbocycles. The summed E-state index contributed by atoms with van der Waals surface area (Å²) in [4.78, 5) is 30.4. The lowest BCUT2D eigenvalue weighted by Crippen LogP contribution is -2.51. The Balaban J connectivity index is 1.67. The van der Waals surface area contributed by atoms with Crippen LogP contribution in [0.5, 0.6) is 0 Å². The monoisotopic (exact) mass is 385 g/mol. The molecule has 3 aliphatic rings. The van der Waals surface area contributed by atoms with Crippen molar-refractivity contribution in [1.82, 2.24) is 10.2 Å². The molecule has 7 nitrogen and oxygen atoms in total. The summed E-state index contributed by atoms with van der Waals surface area (Å²) in [6, 6.07) is -0.392. The van der Waals surface area contributed by atoms with Gasteiger partial charge in [-0.05, 0) is 6.92 Å². The molecule has 0 unspecified atom stereocenters. The van der Waals surface area contributed by atoms with E-state index in [1.807, 2.05) is 6.92 Å². The number of carbonyl (C=O) groups is 2. The fourth-order valence-corrected chi connectivity index (χ4v) is 5.75. The Labute approximate surface area is 155 Å². The van der Waals surface area contributed by atoms with Gasteiger partial charge in [-0.1, -0.05) is 18.7 Å². The van der Waals surface area contributed by atoms with Crippen LogP contribution in [0.25, 0.3) is 0 Å². The average molecular weight is 386 g/mol. The molecule has 3 heterocycles. The van der Waals surface area contributed by atoms with Gasteiger partial charge < -0.3 is 25.2 Å². The minimum Gasteiger partial charge on any atom is -0.477 e. The predicted molar refractivity (Wildman–Crippen MR) is 99.7 cm³/mol. The molecule has 1 saturated heterocycles. The topological polar surface area (TPSA) is 102 Å². The highest BCUT2D eigenvalue weighted by Gasteiger charge is 2.43. The normalized spacial score (nSPS) is 29.1. The zero-order chi connectivity index (χ0) is 18.1. The Morgan fingerprint density at radius 2 is 2.24 bits per heavy atom.